The summed E-state index contributed by atoms with van der Waals surface area (Å²) in [5, 5.41) is 11.8. The van der Waals surface area contributed by atoms with Crippen LogP contribution in [0.1, 0.15) is 31.2 Å². The van der Waals surface area contributed by atoms with Crippen LogP contribution in [-0.4, -0.2) is 27.0 Å². The zero-order valence-corrected chi connectivity index (χ0v) is 13.0. The number of rotatable bonds is 5. The van der Waals surface area contributed by atoms with Gasteiger partial charge in [0.05, 0.1) is 17.5 Å². The van der Waals surface area contributed by atoms with Crippen molar-refractivity contribution < 1.29 is 8.42 Å². The molecule has 0 aliphatic heterocycles. The highest BCUT2D eigenvalue weighted by Crippen LogP contribution is 2.21. The van der Waals surface area contributed by atoms with E-state index in [1.54, 1.807) is 24.3 Å². The quantitative estimate of drug-likeness (QED) is 0.811. The van der Waals surface area contributed by atoms with E-state index in [2.05, 4.69) is 10.0 Å². The van der Waals surface area contributed by atoms with Gasteiger partial charge in [-0.2, -0.15) is 5.26 Å². The number of benzene rings is 1. The molecule has 2 rings (SSSR count). The molecular weight excluding hydrogens is 286 g/mol. The van der Waals surface area contributed by atoms with E-state index in [-0.39, 0.29) is 23.5 Å². The Kier molecular flexibility index (Phi) is 5.34. The standard InChI is InChI=1S/C15H21N3O2S/c1-12-6-8-13(9-7-12)21(19,20)18-15-5-3-2-4-14(15)17-11-10-16/h6-9,14-15,17-18H,2-5,11H2,1H3/t14-,15-/m1/s1. The summed E-state index contributed by atoms with van der Waals surface area (Å²) in [6.45, 7) is 2.17. The van der Waals surface area contributed by atoms with Gasteiger partial charge in [0, 0.05) is 12.1 Å². The molecule has 2 N–H and O–H groups in total. The maximum Gasteiger partial charge on any atom is 0.240 e. The molecule has 1 aliphatic rings. The van der Waals surface area contributed by atoms with E-state index in [0.29, 0.717) is 0 Å². The fourth-order valence-electron chi connectivity index (χ4n) is 2.68. The van der Waals surface area contributed by atoms with Crippen LogP contribution in [0, 0.1) is 18.3 Å². The first kappa shape index (κ1) is 16.0. The molecule has 2 atom stereocenters. The van der Waals surface area contributed by atoms with E-state index in [1.807, 2.05) is 13.0 Å². The van der Waals surface area contributed by atoms with Crippen molar-refractivity contribution in [3.8, 4) is 6.07 Å². The Morgan fingerprint density at radius 3 is 2.43 bits per heavy atom. The van der Waals surface area contributed by atoms with Gasteiger partial charge in [-0.15, -0.1) is 0 Å². The third-order valence-electron chi connectivity index (χ3n) is 3.85. The third kappa shape index (κ3) is 4.27. The average molecular weight is 307 g/mol. The Bertz CT molecular complexity index is 605. The molecule has 0 amide bonds. The normalized spacial score (nSPS) is 22.7. The molecule has 5 nitrogen and oxygen atoms in total. The van der Waals surface area contributed by atoms with Crippen LogP contribution < -0.4 is 10.0 Å². The molecule has 1 saturated carbocycles. The smallest absolute Gasteiger partial charge is 0.240 e. The lowest BCUT2D eigenvalue weighted by atomic mass is 9.91. The summed E-state index contributed by atoms with van der Waals surface area (Å²) in [7, 11) is -3.51. The fraction of sp³-hybridized carbons (Fsp3) is 0.533. The lowest BCUT2D eigenvalue weighted by Crippen LogP contribution is -2.51. The van der Waals surface area contributed by atoms with E-state index in [4.69, 9.17) is 5.26 Å². The maximum absolute atomic E-state index is 12.4. The van der Waals surface area contributed by atoms with Gasteiger partial charge in [0.25, 0.3) is 0 Å². The molecule has 0 aromatic heterocycles. The largest absolute Gasteiger partial charge is 0.300 e. The first-order chi connectivity index (χ1) is 10.0. The molecule has 21 heavy (non-hydrogen) atoms. The summed E-state index contributed by atoms with van der Waals surface area (Å²) in [5.41, 5.74) is 1.03. The predicted octanol–water partition coefficient (Wildman–Crippen LogP) is 1.70. The molecule has 1 aromatic rings. The van der Waals surface area contributed by atoms with Crippen LogP contribution >= 0.6 is 0 Å². The Labute approximate surface area is 126 Å². The van der Waals surface area contributed by atoms with Gasteiger partial charge in [0.15, 0.2) is 0 Å². The van der Waals surface area contributed by atoms with Crippen LogP contribution in [0.15, 0.2) is 29.2 Å². The highest BCUT2D eigenvalue weighted by Gasteiger charge is 2.29. The molecule has 6 heteroatoms. The summed E-state index contributed by atoms with van der Waals surface area (Å²) in [6, 6.07) is 8.75. The summed E-state index contributed by atoms with van der Waals surface area (Å²) in [5.74, 6) is 0. The first-order valence-corrected chi connectivity index (χ1v) is 8.70. The minimum absolute atomic E-state index is 0.0265. The van der Waals surface area contributed by atoms with Crippen molar-refractivity contribution in [2.24, 2.45) is 0 Å². The van der Waals surface area contributed by atoms with Gasteiger partial charge >= 0.3 is 0 Å². The van der Waals surface area contributed by atoms with Gasteiger partial charge in [-0.3, -0.25) is 0 Å². The van der Waals surface area contributed by atoms with Gasteiger partial charge in [-0.1, -0.05) is 30.5 Å². The van der Waals surface area contributed by atoms with E-state index < -0.39 is 10.0 Å². The van der Waals surface area contributed by atoms with Gasteiger partial charge in [-0.05, 0) is 31.9 Å². The Balaban J connectivity index is 2.10. The monoisotopic (exact) mass is 307 g/mol. The number of nitriles is 1. The molecule has 1 aromatic carbocycles. The molecule has 0 unspecified atom stereocenters. The van der Waals surface area contributed by atoms with Crippen molar-refractivity contribution in [1.82, 2.24) is 10.0 Å². The van der Waals surface area contributed by atoms with Gasteiger partial charge in [0.1, 0.15) is 0 Å². The number of hydrogen-bond acceptors (Lipinski definition) is 4. The van der Waals surface area contributed by atoms with E-state index in [9.17, 15) is 8.42 Å². The first-order valence-electron chi connectivity index (χ1n) is 7.22. The predicted molar refractivity (Wildman–Crippen MR) is 81.2 cm³/mol. The summed E-state index contributed by atoms with van der Waals surface area (Å²) in [6.07, 6.45) is 3.76. The van der Waals surface area contributed by atoms with Crippen LogP contribution in [0.3, 0.4) is 0 Å². The van der Waals surface area contributed by atoms with Crippen LogP contribution in [-0.2, 0) is 10.0 Å². The van der Waals surface area contributed by atoms with Crippen molar-refractivity contribution in [2.45, 2.75) is 49.6 Å². The van der Waals surface area contributed by atoms with E-state index in [0.717, 1.165) is 31.2 Å². The molecule has 1 aliphatic carbocycles. The molecular formula is C15H21N3O2S. The highest BCUT2D eigenvalue weighted by molar-refractivity contribution is 7.89. The highest BCUT2D eigenvalue weighted by atomic mass is 32.2. The Morgan fingerprint density at radius 2 is 1.81 bits per heavy atom. The second kappa shape index (κ2) is 7.03. The van der Waals surface area contributed by atoms with Gasteiger partial charge in [-0.25, -0.2) is 13.1 Å². The summed E-state index contributed by atoms with van der Waals surface area (Å²) >= 11 is 0. The zero-order chi connectivity index (χ0) is 15.3. The molecule has 0 bridgehead atoms. The topological polar surface area (TPSA) is 82.0 Å². The molecule has 0 spiro atoms. The zero-order valence-electron chi connectivity index (χ0n) is 12.2. The van der Waals surface area contributed by atoms with Gasteiger partial charge in [0.2, 0.25) is 10.0 Å². The number of nitrogens with zero attached hydrogens (tertiary/aromatic N) is 1. The molecule has 1 fully saturated rings. The van der Waals surface area contributed by atoms with Crippen molar-refractivity contribution in [2.75, 3.05) is 6.54 Å². The minimum Gasteiger partial charge on any atom is -0.300 e. The second-order valence-corrected chi connectivity index (χ2v) is 7.18. The Morgan fingerprint density at radius 1 is 1.19 bits per heavy atom. The van der Waals surface area contributed by atoms with Gasteiger partial charge < -0.3 is 5.32 Å². The molecule has 0 radical (unpaired) electrons. The maximum atomic E-state index is 12.4. The SMILES string of the molecule is Cc1ccc(S(=O)(=O)N[C@@H]2CCCC[C@H]2NCC#N)cc1. The molecule has 114 valence electrons. The van der Waals surface area contributed by atoms with E-state index >= 15 is 0 Å². The number of aryl methyl sites for hydroxylation is 1. The molecule has 0 saturated heterocycles. The number of sulfonamides is 1. The Hall–Kier alpha value is -1.42. The van der Waals surface area contributed by atoms with E-state index in [1.165, 1.54) is 0 Å². The van der Waals surface area contributed by atoms with Crippen molar-refractivity contribution >= 4 is 10.0 Å². The van der Waals surface area contributed by atoms with Crippen LogP contribution in [0.5, 0.6) is 0 Å². The average Bonchev–Trinajstić information content (AvgIpc) is 2.46. The van der Waals surface area contributed by atoms with Crippen LogP contribution in [0.2, 0.25) is 0 Å². The van der Waals surface area contributed by atoms with Crippen LogP contribution in [0.4, 0.5) is 0 Å². The lowest BCUT2D eigenvalue weighted by Gasteiger charge is -2.32. The van der Waals surface area contributed by atoms with Crippen molar-refractivity contribution in [3.05, 3.63) is 29.8 Å². The summed E-state index contributed by atoms with van der Waals surface area (Å²) in [4.78, 5) is 0.290. The number of hydrogen-bond donors (Lipinski definition) is 2. The third-order valence-corrected chi connectivity index (χ3v) is 5.35. The van der Waals surface area contributed by atoms with Crippen molar-refractivity contribution in [1.29, 1.82) is 5.26 Å². The second-order valence-electron chi connectivity index (χ2n) is 5.47. The summed E-state index contributed by atoms with van der Waals surface area (Å²) < 4.78 is 27.6. The van der Waals surface area contributed by atoms with Crippen molar-refractivity contribution in [3.63, 3.8) is 0 Å². The van der Waals surface area contributed by atoms with Crippen LogP contribution in [0.25, 0.3) is 0 Å². The minimum atomic E-state index is -3.51. The molecule has 0 heterocycles. The fourth-order valence-corrected chi connectivity index (χ4v) is 3.99. The number of nitrogens with one attached hydrogen (secondary N) is 2. The lowest BCUT2D eigenvalue weighted by molar-refractivity contribution is 0.318.